The van der Waals surface area contributed by atoms with Crippen molar-refractivity contribution in [2.24, 2.45) is 0 Å². The van der Waals surface area contributed by atoms with Crippen molar-refractivity contribution in [1.29, 1.82) is 5.26 Å². The van der Waals surface area contributed by atoms with Crippen LogP contribution < -0.4 is 0 Å². The zero-order valence-corrected chi connectivity index (χ0v) is 8.19. The Labute approximate surface area is 70.8 Å². The van der Waals surface area contributed by atoms with Gasteiger partial charge in [0.1, 0.15) is 6.07 Å². The second-order valence-corrected chi connectivity index (χ2v) is 2.89. The van der Waals surface area contributed by atoms with Crippen LogP contribution in [0, 0.1) is 11.3 Å². The molecule has 0 heterocycles. The van der Waals surface area contributed by atoms with Crippen LogP contribution in [-0.4, -0.2) is 3.79 Å². The quantitative estimate of drug-likeness (QED) is 0.623. The van der Waals surface area contributed by atoms with Gasteiger partial charge >= 0.3 is 0 Å². The molecule has 0 rings (SSSR count). The number of rotatable bonds is 0. The first-order valence-corrected chi connectivity index (χ1v) is 2.17. The number of halogens is 3. The Kier molecular flexibility index (Phi) is 6.22. The van der Waals surface area contributed by atoms with Gasteiger partial charge < -0.3 is 0 Å². The first-order chi connectivity index (χ1) is 2.56. The van der Waals surface area contributed by atoms with Crippen molar-refractivity contribution in [3.63, 3.8) is 0 Å². The molecule has 0 amide bonds. The molecule has 0 atom stereocenters. The van der Waals surface area contributed by atoms with E-state index in [2.05, 4.69) is 0 Å². The second-order valence-electron chi connectivity index (χ2n) is 0.610. The van der Waals surface area contributed by atoms with Crippen LogP contribution >= 0.6 is 34.8 Å². The van der Waals surface area contributed by atoms with Crippen molar-refractivity contribution >= 4 is 34.8 Å². The van der Waals surface area contributed by atoms with Crippen molar-refractivity contribution in [3.05, 3.63) is 0 Å². The maximum atomic E-state index is 7.76. The topological polar surface area (TPSA) is 23.8 Å². The van der Waals surface area contributed by atoms with Gasteiger partial charge in [0.25, 0.3) is 3.79 Å². The Balaban J connectivity index is 0. The van der Waals surface area contributed by atoms with Gasteiger partial charge in [-0.3, -0.25) is 0 Å². The fourth-order valence-electron chi connectivity index (χ4n) is 0. The zero-order valence-electron chi connectivity index (χ0n) is 2.99. The molecule has 0 unspecified atom stereocenters. The van der Waals surface area contributed by atoms with Crippen LogP contribution in [0.4, 0.5) is 0 Å². The van der Waals surface area contributed by atoms with Gasteiger partial charge in [-0.1, -0.05) is 34.8 Å². The van der Waals surface area contributed by atoms with Crippen LogP contribution in [0.2, 0.25) is 0 Å². The largest absolute Gasteiger partial charge is 0.277 e. The third-order valence-electron chi connectivity index (χ3n) is 0.127. The Hall–Kier alpha value is 1.05. The number of nitriles is 1. The molecule has 1 nitrogen and oxygen atoms in total. The minimum atomic E-state index is -1.74. The van der Waals surface area contributed by atoms with Gasteiger partial charge in [-0.2, -0.15) is 5.26 Å². The number of nitrogens with zero attached hydrogens (tertiary/aromatic N) is 1. The molecule has 0 aromatic heterocycles. The van der Waals surface area contributed by atoms with E-state index in [1.54, 1.807) is 0 Å². The smallest absolute Gasteiger partial charge is 0.194 e. The molecular formula is C2Cl3NW. The molecule has 7 heavy (non-hydrogen) atoms. The van der Waals surface area contributed by atoms with Crippen molar-refractivity contribution in [2.45, 2.75) is 3.79 Å². The third-order valence-corrected chi connectivity index (χ3v) is 0.380. The van der Waals surface area contributed by atoms with Crippen LogP contribution in [0.25, 0.3) is 0 Å². The first-order valence-electron chi connectivity index (χ1n) is 1.04. The molecule has 5 heteroatoms. The van der Waals surface area contributed by atoms with Gasteiger partial charge in [0, 0.05) is 21.1 Å². The van der Waals surface area contributed by atoms with Crippen molar-refractivity contribution in [2.75, 3.05) is 0 Å². The van der Waals surface area contributed by atoms with Crippen molar-refractivity contribution < 1.29 is 21.1 Å². The van der Waals surface area contributed by atoms with E-state index < -0.39 is 3.79 Å². The van der Waals surface area contributed by atoms with Crippen LogP contribution in [0.15, 0.2) is 0 Å². The summed E-state index contributed by atoms with van der Waals surface area (Å²) in [4.78, 5) is 0. The monoisotopic (exact) mass is 327 g/mol. The molecule has 0 saturated heterocycles. The average molecular weight is 328 g/mol. The fourth-order valence-corrected chi connectivity index (χ4v) is 0. The molecule has 0 aliphatic carbocycles. The van der Waals surface area contributed by atoms with Gasteiger partial charge in [-0.05, 0) is 0 Å². The number of alkyl halides is 3. The molecule has 0 aromatic carbocycles. The van der Waals surface area contributed by atoms with E-state index in [1.165, 1.54) is 6.07 Å². The number of hydrogen-bond acceptors (Lipinski definition) is 1. The molecule has 40 valence electrons. The Morgan fingerprint density at radius 3 is 1.43 bits per heavy atom. The van der Waals surface area contributed by atoms with Crippen LogP contribution in [0.5, 0.6) is 0 Å². The van der Waals surface area contributed by atoms with E-state index in [-0.39, 0.29) is 21.1 Å². The van der Waals surface area contributed by atoms with Crippen LogP contribution in [0.1, 0.15) is 0 Å². The Bertz CT molecular complexity index is 79.9. The van der Waals surface area contributed by atoms with Crippen molar-refractivity contribution in [3.8, 4) is 6.07 Å². The second kappa shape index (κ2) is 3.98. The van der Waals surface area contributed by atoms with E-state index in [9.17, 15) is 0 Å². The van der Waals surface area contributed by atoms with Crippen LogP contribution in [0.3, 0.4) is 0 Å². The predicted molar refractivity (Wildman–Crippen MR) is 25.9 cm³/mol. The van der Waals surface area contributed by atoms with Gasteiger partial charge in [0.15, 0.2) is 0 Å². The summed E-state index contributed by atoms with van der Waals surface area (Å²) in [6.45, 7) is 0. The van der Waals surface area contributed by atoms with E-state index in [0.717, 1.165) is 0 Å². The average Bonchev–Trinajstić information content (AvgIpc) is 1.35. The number of hydrogen-bond donors (Lipinski definition) is 0. The maximum absolute atomic E-state index is 7.76. The van der Waals surface area contributed by atoms with Gasteiger partial charge in [0.05, 0.1) is 0 Å². The van der Waals surface area contributed by atoms with Gasteiger partial charge in [-0.15, -0.1) is 0 Å². The molecule has 0 fully saturated rings. The molecule has 0 N–H and O–H groups in total. The summed E-state index contributed by atoms with van der Waals surface area (Å²) in [5.74, 6) is 0. The maximum Gasteiger partial charge on any atom is 0.277 e. The molecule has 0 aliphatic heterocycles. The molecule has 0 aromatic rings. The minimum Gasteiger partial charge on any atom is -0.194 e. The van der Waals surface area contributed by atoms with Gasteiger partial charge in [-0.25, -0.2) is 0 Å². The van der Waals surface area contributed by atoms with Crippen LogP contribution in [-0.2, 0) is 21.1 Å². The molecule has 0 spiro atoms. The molecule has 0 saturated carbocycles. The summed E-state index contributed by atoms with van der Waals surface area (Å²) < 4.78 is -1.74. The minimum absolute atomic E-state index is 0. The predicted octanol–water partition coefficient (Wildman–Crippen LogP) is 1.88. The summed E-state index contributed by atoms with van der Waals surface area (Å²) in [5.41, 5.74) is 0. The summed E-state index contributed by atoms with van der Waals surface area (Å²) in [6.07, 6.45) is 0. The first kappa shape index (κ1) is 10.9. The molecule has 0 radical (unpaired) electrons. The summed E-state index contributed by atoms with van der Waals surface area (Å²) in [6, 6.07) is 1.40. The fraction of sp³-hybridized carbons (Fsp3) is 0.500. The van der Waals surface area contributed by atoms with E-state index in [4.69, 9.17) is 40.1 Å². The van der Waals surface area contributed by atoms with E-state index >= 15 is 0 Å². The summed E-state index contributed by atoms with van der Waals surface area (Å²) in [7, 11) is 0. The SMILES string of the molecule is N#CC(Cl)(Cl)Cl.[W]. The Morgan fingerprint density at radius 1 is 1.29 bits per heavy atom. The summed E-state index contributed by atoms with van der Waals surface area (Å²) in [5, 5.41) is 7.76. The normalized spacial score (nSPS) is 8.86. The van der Waals surface area contributed by atoms with E-state index in [1.807, 2.05) is 0 Å². The Morgan fingerprint density at radius 2 is 1.43 bits per heavy atom. The van der Waals surface area contributed by atoms with Crippen molar-refractivity contribution in [1.82, 2.24) is 0 Å². The standard InChI is InChI=1S/C2Cl3N.W/c3-2(4,5)1-6;. The summed E-state index contributed by atoms with van der Waals surface area (Å²) >= 11 is 14.7. The molecule has 0 bridgehead atoms. The van der Waals surface area contributed by atoms with Gasteiger partial charge in [0.2, 0.25) is 0 Å². The molecule has 0 aliphatic rings. The van der Waals surface area contributed by atoms with E-state index in [0.29, 0.717) is 0 Å². The zero-order chi connectivity index (χ0) is 5.21. The molecular weight excluding hydrogens is 328 g/mol. The third kappa shape index (κ3) is 11.0.